The van der Waals surface area contributed by atoms with Crippen LogP contribution in [0.3, 0.4) is 0 Å². The van der Waals surface area contributed by atoms with Crippen molar-refractivity contribution in [1.29, 1.82) is 0 Å². The van der Waals surface area contributed by atoms with E-state index >= 15 is 0 Å². The fourth-order valence-electron chi connectivity index (χ4n) is 4.27. The molecule has 2 saturated carbocycles. The molecule has 0 bridgehead atoms. The van der Waals surface area contributed by atoms with Crippen LogP contribution in [0.1, 0.15) is 64.9 Å². The summed E-state index contributed by atoms with van der Waals surface area (Å²) in [5.74, 6) is -0.0390. The monoisotopic (exact) mass is 384 g/mol. The first-order valence-corrected chi connectivity index (χ1v) is 10.9. The fraction of sp³-hybridized carbons (Fsp3) is 0.625. The van der Waals surface area contributed by atoms with Crippen LogP contribution in [0.25, 0.3) is 6.08 Å². The smallest absolute Gasteiger partial charge is 0.310 e. The molecule has 2 fully saturated rings. The van der Waals surface area contributed by atoms with Crippen LogP contribution >= 0.6 is 0 Å². The van der Waals surface area contributed by atoms with Crippen LogP contribution in [-0.2, 0) is 4.79 Å². The van der Waals surface area contributed by atoms with E-state index in [9.17, 15) is 9.90 Å². The summed E-state index contributed by atoms with van der Waals surface area (Å²) in [6, 6.07) is 12.3. The molecule has 0 saturated heterocycles. The molecule has 3 N–H and O–H groups in total. The van der Waals surface area contributed by atoms with E-state index in [1.165, 1.54) is 24.8 Å². The van der Waals surface area contributed by atoms with Crippen molar-refractivity contribution in [3.63, 3.8) is 0 Å². The number of carbonyl (C=O) groups is 1. The standard InChI is InChI=1S/C24H36N2O2/c1-4-18(14-17-8-6-5-7-9-17)21-15-22(21)26-20-12-10-19(11-13-20)25-16-24(2,3)23(27)28/h5-9,14,19-22,25-26H,4,10-13,15-16H2,1-3H3,(H,27,28)/t19-,20+,21-,22+/m0/s1. The molecule has 0 amide bonds. The van der Waals surface area contributed by atoms with Crippen molar-refractivity contribution in [1.82, 2.24) is 10.6 Å². The van der Waals surface area contributed by atoms with Gasteiger partial charge in [0.2, 0.25) is 0 Å². The zero-order valence-electron chi connectivity index (χ0n) is 17.6. The summed E-state index contributed by atoms with van der Waals surface area (Å²) in [4.78, 5) is 11.2. The van der Waals surface area contributed by atoms with Gasteiger partial charge in [0.05, 0.1) is 5.41 Å². The molecule has 2 aliphatic carbocycles. The molecule has 0 unspecified atom stereocenters. The molecular formula is C24H36N2O2. The number of rotatable bonds is 9. The fourth-order valence-corrected chi connectivity index (χ4v) is 4.27. The number of hydrogen-bond donors (Lipinski definition) is 3. The number of carboxylic acids is 1. The molecular weight excluding hydrogens is 348 g/mol. The van der Waals surface area contributed by atoms with E-state index in [2.05, 4.69) is 54.0 Å². The summed E-state index contributed by atoms with van der Waals surface area (Å²) in [5.41, 5.74) is 2.17. The Labute approximate surface area is 169 Å². The predicted octanol–water partition coefficient (Wildman–Crippen LogP) is 4.47. The lowest BCUT2D eigenvalue weighted by atomic mass is 9.88. The minimum atomic E-state index is -0.731. The average molecular weight is 385 g/mol. The Bertz CT molecular complexity index is 675. The largest absolute Gasteiger partial charge is 0.481 e. The van der Waals surface area contributed by atoms with Gasteiger partial charge in [-0.1, -0.05) is 48.9 Å². The molecule has 2 aliphatic rings. The molecule has 1 aromatic rings. The molecule has 1 aromatic carbocycles. The Balaban J connectivity index is 1.41. The maximum absolute atomic E-state index is 11.2. The topological polar surface area (TPSA) is 61.4 Å². The minimum Gasteiger partial charge on any atom is -0.481 e. The molecule has 0 spiro atoms. The van der Waals surface area contributed by atoms with E-state index in [1.807, 2.05) is 0 Å². The quantitative estimate of drug-likeness (QED) is 0.588. The van der Waals surface area contributed by atoms with Crippen LogP contribution in [0.5, 0.6) is 0 Å². The molecule has 28 heavy (non-hydrogen) atoms. The Morgan fingerprint density at radius 2 is 1.79 bits per heavy atom. The SMILES string of the molecule is CCC(=Cc1ccccc1)[C@@H]1C[C@H]1N[C@H]1CC[C@@H](NCC(C)(C)C(=O)O)CC1. The first kappa shape index (κ1) is 21.1. The molecule has 154 valence electrons. The summed E-state index contributed by atoms with van der Waals surface area (Å²) >= 11 is 0. The summed E-state index contributed by atoms with van der Waals surface area (Å²) in [6.07, 6.45) is 9.37. The van der Waals surface area contributed by atoms with Gasteiger partial charge in [0.1, 0.15) is 0 Å². The van der Waals surface area contributed by atoms with Gasteiger partial charge in [0.25, 0.3) is 0 Å². The highest BCUT2D eigenvalue weighted by Crippen LogP contribution is 2.40. The van der Waals surface area contributed by atoms with Gasteiger partial charge in [-0.25, -0.2) is 0 Å². The van der Waals surface area contributed by atoms with Gasteiger partial charge in [0.15, 0.2) is 0 Å². The number of benzene rings is 1. The Kier molecular flexibility index (Phi) is 6.95. The van der Waals surface area contributed by atoms with Gasteiger partial charge in [-0.3, -0.25) is 4.79 Å². The van der Waals surface area contributed by atoms with Crippen molar-refractivity contribution in [3.05, 3.63) is 41.5 Å². The lowest BCUT2D eigenvalue weighted by Crippen LogP contribution is -2.45. The average Bonchev–Trinajstić information content (AvgIpc) is 3.45. The highest BCUT2D eigenvalue weighted by Gasteiger charge is 2.40. The Morgan fingerprint density at radius 3 is 2.39 bits per heavy atom. The summed E-state index contributed by atoms with van der Waals surface area (Å²) in [6.45, 7) is 6.38. The van der Waals surface area contributed by atoms with Crippen LogP contribution in [-0.4, -0.2) is 35.7 Å². The van der Waals surface area contributed by atoms with Crippen molar-refractivity contribution in [2.24, 2.45) is 11.3 Å². The maximum atomic E-state index is 11.2. The van der Waals surface area contributed by atoms with Gasteiger partial charge < -0.3 is 15.7 Å². The summed E-state index contributed by atoms with van der Waals surface area (Å²) in [5, 5.41) is 16.6. The Morgan fingerprint density at radius 1 is 1.14 bits per heavy atom. The second-order valence-corrected chi connectivity index (χ2v) is 9.22. The lowest BCUT2D eigenvalue weighted by Gasteiger charge is -2.32. The highest BCUT2D eigenvalue weighted by molar-refractivity contribution is 5.73. The van der Waals surface area contributed by atoms with Gasteiger partial charge >= 0.3 is 5.97 Å². The first-order valence-electron chi connectivity index (χ1n) is 10.9. The molecule has 2 atom stereocenters. The Hall–Kier alpha value is -1.65. The highest BCUT2D eigenvalue weighted by atomic mass is 16.4. The third-order valence-corrected chi connectivity index (χ3v) is 6.42. The van der Waals surface area contributed by atoms with Gasteiger partial charge in [-0.2, -0.15) is 0 Å². The van der Waals surface area contributed by atoms with Crippen LogP contribution in [0.2, 0.25) is 0 Å². The first-order chi connectivity index (χ1) is 13.4. The molecule has 4 nitrogen and oxygen atoms in total. The molecule has 0 heterocycles. The van der Waals surface area contributed by atoms with Crippen LogP contribution < -0.4 is 10.6 Å². The van der Waals surface area contributed by atoms with Crippen molar-refractivity contribution < 1.29 is 9.90 Å². The van der Waals surface area contributed by atoms with E-state index in [-0.39, 0.29) is 0 Å². The van der Waals surface area contributed by atoms with E-state index in [0.717, 1.165) is 19.3 Å². The third kappa shape index (κ3) is 5.68. The van der Waals surface area contributed by atoms with Gasteiger partial charge in [-0.15, -0.1) is 0 Å². The molecule has 0 radical (unpaired) electrons. The number of nitrogens with one attached hydrogen (secondary N) is 2. The predicted molar refractivity (Wildman–Crippen MR) is 115 cm³/mol. The number of carboxylic acid groups (broad SMARTS) is 1. The van der Waals surface area contributed by atoms with Crippen molar-refractivity contribution in [3.8, 4) is 0 Å². The van der Waals surface area contributed by atoms with Crippen molar-refractivity contribution in [2.45, 2.75) is 77.4 Å². The van der Waals surface area contributed by atoms with Crippen LogP contribution in [0, 0.1) is 11.3 Å². The zero-order valence-corrected chi connectivity index (χ0v) is 17.6. The molecule has 3 rings (SSSR count). The number of hydrogen-bond acceptors (Lipinski definition) is 3. The van der Waals surface area contributed by atoms with E-state index < -0.39 is 11.4 Å². The second-order valence-electron chi connectivity index (χ2n) is 9.22. The maximum Gasteiger partial charge on any atom is 0.310 e. The van der Waals surface area contributed by atoms with Crippen molar-refractivity contribution >= 4 is 12.0 Å². The van der Waals surface area contributed by atoms with Crippen molar-refractivity contribution in [2.75, 3.05) is 6.54 Å². The van der Waals surface area contributed by atoms with E-state index in [1.54, 1.807) is 19.4 Å². The van der Waals surface area contributed by atoms with E-state index in [0.29, 0.717) is 30.6 Å². The van der Waals surface area contributed by atoms with E-state index in [4.69, 9.17) is 0 Å². The lowest BCUT2D eigenvalue weighted by molar-refractivity contribution is -0.146. The van der Waals surface area contributed by atoms with Crippen LogP contribution in [0.15, 0.2) is 35.9 Å². The second kappa shape index (κ2) is 9.23. The summed E-state index contributed by atoms with van der Waals surface area (Å²) < 4.78 is 0. The zero-order chi connectivity index (χ0) is 20.1. The van der Waals surface area contributed by atoms with Gasteiger partial charge in [0, 0.05) is 24.7 Å². The normalized spacial score (nSPS) is 28.2. The van der Waals surface area contributed by atoms with Gasteiger partial charge in [-0.05, 0) is 63.9 Å². The minimum absolute atomic E-state index is 0.454. The third-order valence-electron chi connectivity index (χ3n) is 6.42. The molecule has 0 aromatic heterocycles. The molecule has 0 aliphatic heterocycles. The molecule has 4 heteroatoms. The van der Waals surface area contributed by atoms with Crippen LogP contribution in [0.4, 0.5) is 0 Å². The number of aliphatic carboxylic acids is 1. The summed E-state index contributed by atoms with van der Waals surface area (Å²) in [7, 11) is 0.